The Labute approximate surface area is 128 Å². The van der Waals surface area contributed by atoms with E-state index in [1.54, 1.807) is 19.2 Å². The summed E-state index contributed by atoms with van der Waals surface area (Å²) >= 11 is 0. The summed E-state index contributed by atoms with van der Waals surface area (Å²) in [6, 6.07) is 5.06. The van der Waals surface area contributed by atoms with E-state index >= 15 is 0 Å². The summed E-state index contributed by atoms with van der Waals surface area (Å²) in [4.78, 5) is 0. The fourth-order valence-electron chi connectivity index (χ4n) is 3.52. The van der Waals surface area contributed by atoms with Crippen molar-refractivity contribution in [3.63, 3.8) is 0 Å². The molecule has 1 aliphatic carbocycles. The molecule has 0 radical (unpaired) electrons. The summed E-state index contributed by atoms with van der Waals surface area (Å²) in [6.45, 7) is 3.00. The highest BCUT2D eigenvalue weighted by atomic mass is 19.1. The van der Waals surface area contributed by atoms with E-state index in [2.05, 4.69) is 12.2 Å². The highest BCUT2D eigenvalue weighted by Gasteiger charge is 2.25. The van der Waals surface area contributed by atoms with Gasteiger partial charge in [-0.3, -0.25) is 0 Å². The molecule has 1 N–H and O–H groups in total. The summed E-state index contributed by atoms with van der Waals surface area (Å²) < 4.78 is 19.2. The first kappa shape index (κ1) is 16.3. The highest BCUT2D eigenvalue weighted by molar-refractivity contribution is 5.37. The van der Waals surface area contributed by atoms with E-state index in [0.717, 1.165) is 17.9 Å². The molecule has 1 aromatic rings. The van der Waals surface area contributed by atoms with Crippen LogP contribution in [0.15, 0.2) is 18.2 Å². The Morgan fingerprint density at radius 2 is 1.86 bits per heavy atom. The Kier molecular flexibility index (Phi) is 6.50. The smallest absolute Gasteiger partial charge is 0.123 e. The Balaban J connectivity index is 2.25. The standard InChI is InChI=1S/C18H28FNO/c1-3-20-18(14-9-7-5-4-6-8-10-14)16-13-15(19)11-12-17(16)21-2/h11-14,18,20H,3-10H2,1-2H3. The van der Waals surface area contributed by atoms with E-state index in [-0.39, 0.29) is 11.9 Å². The van der Waals surface area contributed by atoms with Crippen LogP contribution in [-0.2, 0) is 0 Å². The fraction of sp³-hybridized carbons (Fsp3) is 0.667. The van der Waals surface area contributed by atoms with Crippen LogP contribution >= 0.6 is 0 Å². The minimum atomic E-state index is -0.181. The van der Waals surface area contributed by atoms with Gasteiger partial charge in [-0.25, -0.2) is 4.39 Å². The highest BCUT2D eigenvalue weighted by Crippen LogP contribution is 2.37. The van der Waals surface area contributed by atoms with Gasteiger partial charge in [-0.15, -0.1) is 0 Å². The molecule has 118 valence electrons. The lowest BCUT2D eigenvalue weighted by Crippen LogP contribution is -2.29. The second kappa shape index (κ2) is 8.38. The van der Waals surface area contributed by atoms with Crippen molar-refractivity contribution in [1.82, 2.24) is 5.32 Å². The molecular weight excluding hydrogens is 265 g/mol. The molecule has 0 saturated heterocycles. The molecule has 0 spiro atoms. The second-order valence-corrected chi connectivity index (χ2v) is 6.03. The molecule has 1 fully saturated rings. The maximum Gasteiger partial charge on any atom is 0.123 e. The van der Waals surface area contributed by atoms with Crippen molar-refractivity contribution in [3.05, 3.63) is 29.6 Å². The van der Waals surface area contributed by atoms with Gasteiger partial charge in [0.25, 0.3) is 0 Å². The summed E-state index contributed by atoms with van der Waals surface area (Å²) in [5.41, 5.74) is 0.977. The number of halogens is 1. The van der Waals surface area contributed by atoms with Crippen LogP contribution in [0.4, 0.5) is 4.39 Å². The van der Waals surface area contributed by atoms with Crippen LogP contribution in [0.3, 0.4) is 0 Å². The van der Waals surface area contributed by atoms with Gasteiger partial charge in [0, 0.05) is 11.6 Å². The minimum Gasteiger partial charge on any atom is -0.496 e. The van der Waals surface area contributed by atoms with Crippen LogP contribution in [0.1, 0.15) is 63.5 Å². The van der Waals surface area contributed by atoms with E-state index < -0.39 is 0 Å². The van der Waals surface area contributed by atoms with Gasteiger partial charge in [-0.2, -0.15) is 0 Å². The molecule has 1 atom stereocenters. The molecule has 1 aromatic carbocycles. The van der Waals surface area contributed by atoms with E-state index in [1.807, 2.05) is 0 Å². The number of hydrogen-bond donors (Lipinski definition) is 1. The average molecular weight is 293 g/mol. The minimum absolute atomic E-state index is 0.181. The van der Waals surface area contributed by atoms with Crippen molar-refractivity contribution >= 4 is 0 Å². The van der Waals surface area contributed by atoms with Crippen LogP contribution in [0.5, 0.6) is 5.75 Å². The average Bonchev–Trinajstić information content (AvgIpc) is 2.45. The zero-order valence-electron chi connectivity index (χ0n) is 13.3. The van der Waals surface area contributed by atoms with Gasteiger partial charge in [-0.05, 0) is 43.5 Å². The molecule has 2 nitrogen and oxygen atoms in total. The fourth-order valence-corrected chi connectivity index (χ4v) is 3.52. The Morgan fingerprint density at radius 1 is 1.19 bits per heavy atom. The molecule has 1 saturated carbocycles. The van der Waals surface area contributed by atoms with Crippen LogP contribution in [-0.4, -0.2) is 13.7 Å². The summed E-state index contributed by atoms with van der Waals surface area (Å²) in [5.74, 6) is 1.19. The first-order chi connectivity index (χ1) is 10.3. The lowest BCUT2D eigenvalue weighted by atomic mass is 9.82. The number of benzene rings is 1. The molecule has 1 aliphatic rings. The molecule has 2 rings (SSSR count). The molecule has 21 heavy (non-hydrogen) atoms. The monoisotopic (exact) mass is 293 g/mol. The number of nitrogens with one attached hydrogen (secondary N) is 1. The van der Waals surface area contributed by atoms with Crippen molar-refractivity contribution in [1.29, 1.82) is 0 Å². The topological polar surface area (TPSA) is 21.3 Å². The summed E-state index contributed by atoms with van der Waals surface area (Å²) in [5, 5.41) is 3.57. The predicted molar refractivity (Wildman–Crippen MR) is 85.2 cm³/mol. The Bertz CT molecular complexity index is 427. The van der Waals surface area contributed by atoms with Crippen molar-refractivity contribution in [3.8, 4) is 5.75 Å². The molecule has 3 heteroatoms. The first-order valence-corrected chi connectivity index (χ1v) is 8.33. The molecule has 0 aliphatic heterocycles. The predicted octanol–water partition coefficient (Wildman–Crippen LogP) is 4.85. The summed E-state index contributed by atoms with van der Waals surface area (Å²) in [6.07, 6.45) is 9.02. The maximum atomic E-state index is 13.7. The van der Waals surface area contributed by atoms with Crippen molar-refractivity contribution < 1.29 is 9.13 Å². The number of methoxy groups -OCH3 is 1. The molecule has 0 heterocycles. The zero-order valence-corrected chi connectivity index (χ0v) is 13.3. The molecule has 1 unspecified atom stereocenters. The van der Waals surface area contributed by atoms with E-state index in [4.69, 9.17) is 4.74 Å². The third-order valence-electron chi connectivity index (χ3n) is 4.57. The first-order valence-electron chi connectivity index (χ1n) is 8.33. The lowest BCUT2D eigenvalue weighted by Gasteiger charge is -2.30. The number of hydrogen-bond acceptors (Lipinski definition) is 2. The SMILES string of the molecule is CCNC(c1cc(F)ccc1OC)C1CCCCCCC1. The van der Waals surface area contributed by atoms with Gasteiger partial charge in [0.1, 0.15) is 11.6 Å². The lowest BCUT2D eigenvalue weighted by molar-refractivity contribution is 0.283. The van der Waals surface area contributed by atoms with E-state index in [0.29, 0.717) is 5.92 Å². The Hall–Kier alpha value is -1.09. The second-order valence-electron chi connectivity index (χ2n) is 6.03. The van der Waals surface area contributed by atoms with Crippen LogP contribution in [0.25, 0.3) is 0 Å². The van der Waals surface area contributed by atoms with Gasteiger partial charge in [0.15, 0.2) is 0 Å². The summed E-state index contributed by atoms with van der Waals surface area (Å²) in [7, 11) is 1.66. The number of ether oxygens (including phenoxy) is 1. The normalized spacial score (nSPS) is 18.8. The maximum absolute atomic E-state index is 13.7. The van der Waals surface area contributed by atoms with Crippen molar-refractivity contribution in [2.24, 2.45) is 5.92 Å². The van der Waals surface area contributed by atoms with Crippen LogP contribution in [0.2, 0.25) is 0 Å². The zero-order chi connectivity index (χ0) is 15.1. The third kappa shape index (κ3) is 4.44. The van der Waals surface area contributed by atoms with Crippen molar-refractivity contribution in [2.75, 3.05) is 13.7 Å². The van der Waals surface area contributed by atoms with Crippen LogP contribution < -0.4 is 10.1 Å². The quantitative estimate of drug-likeness (QED) is 0.838. The van der Waals surface area contributed by atoms with Gasteiger partial charge in [-0.1, -0.05) is 39.0 Å². The molecule has 0 aromatic heterocycles. The van der Waals surface area contributed by atoms with E-state index in [1.165, 1.54) is 51.0 Å². The Morgan fingerprint density at radius 3 is 2.48 bits per heavy atom. The van der Waals surface area contributed by atoms with Gasteiger partial charge in [0.05, 0.1) is 7.11 Å². The van der Waals surface area contributed by atoms with Gasteiger partial charge in [0.2, 0.25) is 0 Å². The van der Waals surface area contributed by atoms with Crippen molar-refractivity contribution in [2.45, 2.75) is 57.9 Å². The van der Waals surface area contributed by atoms with E-state index in [9.17, 15) is 4.39 Å². The number of rotatable bonds is 5. The molecule has 0 amide bonds. The third-order valence-corrected chi connectivity index (χ3v) is 4.57. The van der Waals surface area contributed by atoms with Crippen LogP contribution in [0, 0.1) is 11.7 Å². The van der Waals surface area contributed by atoms with Gasteiger partial charge < -0.3 is 10.1 Å². The molecule has 0 bridgehead atoms. The molecular formula is C18H28FNO. The largest absolute Gasteiger partial charge is 0.496 e. The van der Waals surface area contributed by atoms with Gasteiger partial charge >= 0.3 is 0 Å².